The quantitative estimate of drug-likeness (QED) is 0.537. The Kier molecular flexibility index (Phi) is 7.02. The summed E-state index contributed by atoms with van der Waals surface area (Å²) < 4.78 is 0. The molecule has 0 aliphatic carbocycles. The summed E-state index contributed by atoms with van der Waals surface area (Å²) in [5.74, 6) is -0.843. The summed E-state index contributed by atoms with van der Waals surface area (Å²) >= 11 is 1.64. The molecule has 0 bridgehead atoms. The summed E-state index contributed by atoms with van der Waals surface area (Å²) in [6.45, 7) is 6.37. The number of hydrogen-bond acceptors (Lipinski definition) is 4. The van der Waals surface area contributed by atoms with Crippen molar-refractivity contribution in [2.75, 3.05) is 18.4 Å². The zero-order valence-electron chi connectivity index (χ0n) is 18.5. The van der Waals surface area contributed by atoms with E-state index in [1.54, 1.807) is 11.3 Å². The monoisotopic (exact) mass is 447 g/mol. The number of carbonyl (C=O) groups excluding carboxylic acids is 2. The smallest absolute Gasteiger partial charge is 0.313 e. The molecule has 0 saturated carbocycles. The van der Waals surface area contributed by atoms with Crippen LogP contribution in [-0.2, 0) is 22.6 Å². The highest BCUT2D eigenvalue weighted by molar-refractivity contribution is 7.08. The normalized spacial score (nSPS) is 14.6. The highest BCUT2D eigenvalue weighted by atomic mass is 32.1. The number of carbonyl (C=O) groups is 2. The van der Waals surface area contributed by atoms with Gasteiger partial charge in [0.1, 0.15) is 0 Å². The first kappa shape index (κ1) is 22.2. The first-order valence-corrected chi connectivity index (χ1v) is 12.0. The van der Waals surface area contributed by atoms with Crippen molar-refractivity contribution < 1.29 is 9.59 Å². The summed E-state index contributed by atoms with van der Waals surface area (Å²) in [4.78, 5) is 27.4. The number of hydrogen-bond donors (Lipinski definition) is 2. The fraction of sp³-hybridized carbons (Fsp3) is 0.308. The average Bonchev–Trinajstić information content (AvgIpc) is 3.34. The molecule has 2 N–H and O–H groups in total. The number of nitrogens with one attached hydrogen (secondary N) is 2. The van der Waals surface area contributed by atoms with Crippen molar-refractivity contribution in [1.29, 1.82) is 0 Å². The van der Waals surface area contributed by atoms with Gasteiger partial charge in [-0.2, -0.15) is 11.3 Å². The average molecular weight is 448 g/mol. The number of rotatable bonds is 6. The number of anilines is 1. The van der Waals surface area contributed by atoms with Crippen LogP contribution >= 0.6 is 11.3 Å². The molecule has 32 heavy (non-hydrogen) atoms. The second-order valence-electron chi connectivity index (χ2n) is 8.50. The van der Waals surface area contributed by atoms with E-state index in [1.807, 2.05) is 24.3 Å². The van der Waals surface area contributed by atoms with Gasteiger partial charge in [-0.25, -0.2) is 0 Å². The minimum Gasteiger partial charge on any atom is -0.346 e. The Morgan fingerprint density at radius 2 is 1.72 bits per heavy atom. The van der Waals surface area contributed by atoms with E-state index in [-0.39, 0.29) is 6.04 Å². The van der Waals surface area contributed by atoms with Crippen LogP contribution in [-0.4, -0.2) is 29.8 Å². The third-order valence-electron chi connectivity index (χ3n) is 6.03. The van der Waals surface area contributed by atoms with Crippen molar-refractivity contribution in [1.82, 2.24) is 10.2 Å². The van der Waals surface area contributed by atoms with Gasteiger partial charge in [-0.3, -0.25) is 14.5 Å². The predicted octanol–water partition coefficient (Wildman–Crippen LogP) is 4.73. The predicted molar refractivity (Wildman–Crippen MR) is 130 cm³/mol. The lowest BCUT2D eigenvalue weighted by atomic mass is 9.97. The minimum absolute atomic E-state index is 0.0247. The zero-order valence-corrected chi connectivity index (χ0v) is 19.3. The molecule has 1 aliphatic heterocycles. The molecule has 2 amide bonds. The molecule has 2 aromatic carbocycles. The molecule has 4 rings (SSSR count). The van der Waals surface area contributed by atoms with Crippen LogP contribution in [0.5, 0.6) is 0 Å². The van der Waals surface area contributed by atoms with Gasteiger partial charge in [0.25, 0.3) is 0 Å². The third kappa shape index (κ3) is 5.26. The summed E-state index contributed by atoms with van der Waals surface area (Å²) in [5.41, 5.74) is 5.69. The molecule has 1 aromatic heterocycles. The molecule has 1 atom stereocenters. The topological polar surface area (TPSA) is 61.4 Å². The third-order valence-corrected chi connectivity index (χ3v) is 6.73. The van der Waals surface area contributed by atoms with Crippen LogP contribution in [0.2, 0.25) is 0 Å². The maximum absolute atomic E-state index is 12.5. The summed E-state index contributed by atoms with van der Waals surface area (Å²) in [6.07, 6.45) is 0.984. The van der Waals surface area contributed by atoms with Gasteiger partial charge in [-0.1, -0.05) is 50.2 Å². The number of thiophene rings is 1. The second kappa shape index (κ2) is 10.1. The second-order valence-corrected chi connectivity index (χ2v) is 9.28. The van der Waals surface area contributed by atoms with Crippen LogP contribution in [0.25, 0.3) is 0 Å². The minimum atomic E-state index is -0.643. The van der Waals surface area contributed by atoms with Gasteiger partial charge >= 0.3 is 11.8 Å². The lowest BCUT2D eigenvalue weighted by molar-refractivity contribution is -0.136. The molecule has 1 unspecified atom stereocenters. The summed E-state index contributed by atoms with van der Waals surface area (Å²) in [7, 11) is 0. The van der Waals surface area contributed by atoms with Crippen molar-refractivity contribution >= 4 is 28.8 Å². The molecule has 3 aromatic rings. The van der Waals surface area contributed by atoms with Gasteiger partial charge in [-0.05, 0) is 63.6 Å². The van der Waals surface area contributed by atoms with E-state index in [0.29, 0.717) is 18.2 Å². The molecular formula is C26H29N3O2S. The fourth-order valence-corrected chi connectivity index (χ4v) is 4.82. The van der Waals surface area contributed by atoms with E-state index in [1.165, 1.54) is 22.3 Å². The van der Waals surface area contributed by atoms with Crippen molar-refractivity contribution in [2.24, 2.45) is 0 Å². The van der Waals surface area contributed by atoms with Gasteiger partial charge in [0.2, 0.25) is 0 Å². The molecular weight excluding hydrogens is 418 g/mol. The zero-order chi connectivity index (χ0) is 22.5. The van der Waals surface area contributed by atoms with Gasteiger partial charge in [0.05, 0.1) is 6.04 Å². The SMILES string of the molecule is CC(C)c1ccc(NC(=O)C(=O)NCC(c2ccsc2)N2CCc3ccccc3C2)cc1. The van der Waals surface area contributed by atoms with Gasteiger partial charge < -0.3 is 10.6 Å². The Bertz CT molecular complexity index is 1060. The molecule has 0 radical (unpaired) electrons. The van der Waals surface area contributed by atoms with Gasteiger partial charge in [0, 0.05) is 25.3 Å². The summed E-state index contributed by atoms with van der Waals surface area (Å²) in [5, 5.41) is 9.72. The maximum Gasteiger partial charge on any atom is 0.313 e. The van der Waals surface area contributed by atoms with Crippen molar-refractivity contribution in [2.45, 2.75) is 38.8 Å². The number of nitrogens with zero attached hydrogens (tertiary/aromatic N) is 1. The van der Waals surface area contributed by atoms with Crippen LogP contribution < -0.4 is 10.6 Å². The van der Waals surface area contributed by atoms with E-state index >= 15 is 0 Å². The Morgan fingerprint density at radius 1 is 0.969 bits per heavy atom. The van der Waals surface area contributed by atoms with E-state index in [4.69, 9.17) is 0 Å². The Labute approximate surface area is 193 Å². The Morgan fingerprint density at radius 3 is 2.41 bits per heavy atom. The molecule has 1 aliphatic rings. The first-order chi connectivity index (χ1) is 15.5. The van der Waals surface area contributed by atoms with E-state index in [9.17, 15) is 9.59 Å². The van der Waals surface area contributed by atoms with E-state index < -0.39 is 11.8 Å². The largest absolute Gasteiger partial charge is 0.346 e. The number of benzene rings is 2. The van der Waals surface area contributed by atoms with Crippen LogP contribution in [0.3, 0.4) is 0 Å². The fourth-order valence-electron chi connectivity index (χ4n) is 4.11. The van der Waals surface area contributed by atoms with Gasteiger partial charge in [-0.15, -0.1) is 0 Å². The number of fused-ring (bicyclic) bond motifs is 1. The Hall–Kier alpha value is -2.96. The standard InChI is InChI=1S/C26H29N3O2S/c1-18(2)19-7-9-23(10-8-19)28-26(31)25(30)27-15-24(22-12-14-32-17-22)29-13-11-20-5-3-4-6-21(20)16-29/h3-10,12,14,17-18,24H,11,13,15-16H2,1-2H3,(H,27,30)(H,28,31). The van der Waals surface area contributed by atoms with Gasteiger partial charge in [0.15, 0.2) is 0 Å². The highest BCUT2D eigenvalue weighted by Gasteiger charge is 2.26. The van der Waals surface area contributed by atoms with E-state index in [0.717, 1.165) is 19.5 Å². The maximum atomic E-state index is 12.5. The van der Waals surface area contributed by atoms with E-state index in [2.05, 4.69) is 70.5 Å². The molecule has 6 heteroatoms. The van der Waals surface area contributed by atoms with Crippen LogP contribution in [0, 0.1) is 0 Å². The molecule has 166 valence electrons. The molecule has 0 saturated heterocycles. The molecule has 0 spiro atoms. The van der Waals surface area contributed by atoms with Crippen molar-refractivity contribution in [3.05, 3.63) is 87.6 Å². The molecule has 0 fully saturated rings. The molecule has 5 nitrogen and oxygen atoms in total. The van der Waals surface area contributed by atoms with Crippen molar-refractivity contribution in [3.8, 4) is 0 Å². The number of amides is 2. The first-order valence-electron chi connectivity index (χ1n) is 11.0. The lowest BCUT2D eigenvalue weighted by Gasteiger charge is -2.35. The highest BCUT2D eigenvalue weighted by Crippen LogP contribution is 2.28. The van der Waals surface area contributed by atoms with Crippen LogP contribution in [0.15, 0.2) is 65.4 Å². The van der Waals surface area contributed by atoms with Crippen molar-refractivity contribution in [3.63, 3.8) is 0 Å². The van der Waals surface area contributed by atoms with Crippen LogP contribution in [0.1, 0.15) is 48.1 Å². The summed E-state index contributed by atoms with van der Waals surface area (Å²) in [6, 6.07) is 18.2. The van der Waals surface area contributed by atoms with Crippen LogP contribution in [0.4, 0.5) is 5.69 Å². The lowest BCUT2D eigenvalue weighted by Crippen LogP contribution is -2.43. The molecule has 2 heterocycles. The Balaban J connectivity index is 1.39.